The van der Waals surface area contributed by atoms with E-state index in [1.165, 1.54) is 11.3 Å². The number of sulfone groups is 1. The number of carbonyl (C=O) groups is 1. The molecule has 0 aliphatic carbocycles. The van der Waals surface area contributed by atoms with E-state index < -0.39 is 15.1 Å². The Kier molecular flexibility index (Phi) is 3.79. The maximum Gasteiger partial charge on any atom is 0.273 e. The van der Waals surface area contributed by atoms with Gasteiger partial charge in [-0.3, -0.25) is 4.79 Å². The molecule has 2 aliphatic rings. The standard InChI is InChI=1S/C19H16N2O3S3/c1-11-20-16(10-26-11)19(22)21-7-15-14-6-12(13-4-5-25-9-13)2-3-17(14)27(23,24)18(15)8-21/h2-6,9-10,15,18H,7-8H2,1H3/t15-,18-/m1/s1. The van der Waals surface area contributed by atoms with Crippen LogP contribution in [-0.4, -0.2) is 42.5 Å². The van der Waals surface area contributed by atoms with Gasteiger partial charge in [0.25, 0.3) is 5.91 Å². The van der Waals surface area contributed by atoms with Gasteiger partial charge in [0.15, 0.2) is 9.84 Å². The second-order valence-corrected chi connectivity index (χ2v) is 10.9. The first-order valence-corrected chi connectivity index (χ1v) is 11.9. The summed E-state index contributed by atoms with van der Waals surface area (Å²) in [7, 11) is -3.42. The Balaban J connectivity index is 1.52. The average molecular weight is 417 g/mol. The van der Waals surface area contributed by atoms with E-state index in [-0.39, 0.29) is 18.4 Å². The van der Waals surface area contributed by atoms with Gasteiger partial charge < -0.3 is 4.90 Å². The molecule has 5 nitrogen and oxygen atoms in total. The number of likely N-dealkylation sites (tertiary alicyclic amines) is 1. The van der Waals surface area contributed by atoms with Crippen molar-refractivity contribution in [2.45, 2.75) is 23.0 Å². The summed E-state index contributed by atoms with van der Waals surface area (Å²) in [6.07, 6.45) is 0. The van der Waals surface area contributed by atoms with Crippen LogP contribution in [0.2, 0.25) is 0 Å². The zero-order valence-electron chi connectivity index (χ0n) is 14.5. The number of carbonyl (C=O) groups excluding carboxylic acids is 1. The van der Waals surface area contributed by atoms with E-state index in [9.17, 15) is 13.2 Å². The van der Waals surface area contributed by atoms with E-state index >= 15 is 0 Å². The summed E-state index contributed by atoms with van der Waals surface area (Å²) < 4.78 is 26.0. The van der Waals surface area contributed by atoms with Gasteiger partial charge in [0.1, 0.15) is 5.69 Å². The van der Waals surface area contributed by atoms with Gasteiger partial charge in [0.05, 0.1) is 15.2 Å². The quantitative estimate of drug-likeness (QED) is 0.640. The van der Waals surface area contributed by atoms with Crippen molar-refractivity contribution in [2.24, 2.45) is 0 Å². The number of hydrogen-bond acceptors (Lipinski definition) is 6. The van der Waals surface area contributed by atoms with Crippen LogP contribution in [0.15, 0.2) is 45.3 Å². The van der Waals surface area contributed by atoms with Gasteiger partial charge in [-0.1, -0.05) is 6.07 Å². The summed E-state index contributed by atoms with van der Waals surface area (Å²) in [5.74, 6) is -0.355. The molecule has 138 valence electrons. The van der Waals surface area contributed by atoms with Crippen molar-refractivity contribution in [1.82, 2.24) is 9.88 Å². The highest BCUT2D eigenvalue weighted by atomic mass is 32.2. The van der Waals surface area contributed by atoms with Crippen molar-refractivity contribution < 1.29 is 13.2 Å². The summed E-state index contributed by atoms with van der Waals surface area (Å²) in [6, 6.07) is 7.62. The van der Waals surface area contributed by atoms with Gasteiger partial charge in [-0.05, 0) is 52.6 Å². The largest absolute Gasteiger partial charge is 0.335 e. The number of hydrogen-bond donors (Lipinski definition) is 0. The summed E-state index contributed by atoms with van der Waals surface area (Å²) in [5, 5.41) is 6.07. The van der Waals surface area contributed by atoms with Crippen LogP contribution in [0.25, 0.3) is 11.1 Å². The molecule has 0 saturated carbocycles. The summed E-state index contributed by atoms with van der Waals surface area (Å²) >= 11 is 3.04. The van der Waals surface area contributed by atoms with Gasteiger partial charge in [0, 0.05) is 24.4 Å². The molecule has 2 aliphatic heterocycles. The zero-order valence-corrected chi connectivity index (χ0v) is 16.9. The summed E-state index contributed by atoms with van der Waals surface area (Å²) in [4.78, 5) is 19.1. The Morgan fingerprint density at radius 3 is 2.74 bits per heavy atom. The zero-order chi connectivity index (χ0) is 18.8. The molecule has 1 amide bonds. The maximum absolute atomic E-state index is 13.0. The summed E-state index contributed by atoms with van der Waals surface area (Å²) in [6.45, 7) is 2.50. The number of aromatic nitrogens is 1. The van der Waals surface area contributed by atoms with E-state index in [1.54, 1.807) is 27.7 Å². The van der Waals surface area contributed by atoms with E-state index in [0.29, 0.717) is 17.1 Å². The van der Waals surface area contributed by atoms with Crippen LogP contribution in [-0.2, 0) is 9.84 Å². The van der Waals surface area contributed by atoms with Crippen molar-refractivity contribution in [3.63, 3.8) is 0 Å². The number of thiophene rings is 1. The highest BCUT2D eigenvalue weighted by Gasteiger charge is 2.51. The predicted octanol–water partition coefficient (Wildman–Crippen LogP) is 3.58. The molecule has 4 heterocycles. The van der Waals surface area contributed by atoms with Gasteiger partial charge in [0.2, 0.25) is 0 Å². The molecule has 1 fully saturated rings. The molecule has 0 radical (unpaired) electrons. The lowest BCUT2D eigenvalue weighted by Gasteiger charge is -2.16. The van der Waals surface area contributed by atoms with Crippen LogP contribution >= 0.6 is 22.7 Å². The van der Waals surface area contributed by atoms with Crippen LogP contribution < -0.4 is 0 Å². The Bertz CT molecular complexity index is 1150. The molecule has 0 N–H and O–H groups in total. The molecular weight excluding hydrogens is 400 g/mol. The second kappa shape index (κ2) is 5.98. The normalized spacial score (nSPS) is 22.6. The van der Waals surface area contributed by atoms with E-state index in [2.05, 4.69) is 10.4 Å². The number of benzene rings is 1. The van der Waals surface area contributed by atoms with Gasteiger partial charge in [-0.25, -0.2) is 13.4 Å². The Morgan fingerprint density at radius 1 is 1.19 bits per heavy atom. The SMILES string of the molecule is Cc1nc(C(=O)N2C[C@@H]3c4cc(-c5ccsc5)ccc4S(=O)(=O)[C@@H]3C2)cs1. The minimum absolute atomic E-state index is 0.174. The maximum atomic E-state index is 13.0. The molecule has 0 bridgehead atoms. The fraction of sp³-hybridized carbons (Fsp3) is 0.263. The fourth-order valence-corrected chi connectivity index (χ4v) is 7.46. The van der Waals surface area contributed by atoms with Crippen LogP contribution in [0.4, 0.5) is 0 Å². The molecule has 2 atom stereocenters. The lowest BCUT2D eigenvalue weighted by Crippen LogP contribution is -2.31. The third kappa shape index (κ3) is 2.58. The van der Waals surface area contributed by atoms with Gasteiger partial charge in [-0.2, -0.15) is 11.3 Å². The first-order valence-electron chi connectivity index (χ1n) is 8.57. The average Bonchev–Trinajstić information content (AvgIpc) is 3.41. The molecule has 1 saturated heterocycles. The lowest BCUT2D eigenvalue weighted by molar-refractivity contribution is 0.0785. The Morgan fingerprint density at radius 2 is 2.04 bits per heavy atom. The monoisotopic (exact) mass is 416 g/mol. The number of aryl methyl sites for hydroxylation is 1. The van der Waals surface area contributed by atoms with Crippen LogP contribution in [0.1, 0.15) is 27.0 Å². The predicted molar refractivity (Wildman–Crippen MR) is 106 cm³/mol. The molecule has 8 heteroatoms. The minimum Gasteiger partial charge on any atom is -0.335 e. The van der Waals surface area contributed by atoms with E-state index in [4.69, 9.17) is 0 Å². The van der Waals surface area contributed by atoms with Crippen LogP contribution in [0.5, 0.6) is 0 Å². The third-order valence-electron chi connectivity index (χ3n) is 5.36. The van der Waals surface area contributed by atoms with Crippen molar-refractivity contribution in [3.8, 4) is 11.1 Å². The molecule has 2 aromatic heterocycles. The van der Waals surface area contributed by atoms with Crippen molar-refractivity contribution in [3.05, 3.63) is 56.7 Å². The fourth-order valence-electron chi connectivity index (χ4n) is 4.05. The Hall–Kier alpha value is -2.03. The number of amides is 1. The molecule has 1 aromatic carbocycles. The lowest BCUT2D eigenvalue weighted by atomic mass is 9.95. The number of rotatable bonds is 2. The Labute approximate surface area is 165 Å². The van der Waals surface area contributed by atoms with Gasteiger partial charge >= 0.3 is 0 Å². The van der Waals surface area contributed by atoms with Crippen molar-refractivity contribution >= 4 is 38.4 Å². The minimum atomic E-state index is -3.42. The molecular formula is C19H16N2O3S3. The number of thiazole rings is 1. The highest BCUT2D eigenvalue weighted by molar-refractivity contribution is 7.92. The molecule has 0 spiro atoms. The highest BCUT2D eigenvalue weighted by Crippen LogP contribution is 2.46. The van der Waals surface area contributed by atoms with Crippen molar-refractivity contribution in [1.29, 1.82) is 0 Å². The number of fused-ring (bicyclic) bond motifs is 3. The van der Waals surface area contributed by atoms with E-state index in [1.807, 2.05) is 30.5 Å². The third-order valence-corrected chi connectivity index (χ3v) is 9.08. The first kappa shape index (κ1) is 17.1. The molecule has 3 aromatic rings. The van der Waals surface area contributed by atoms with Crippen LogP contribution in [0, 0.1) is 6.92 Å². The first-order chi connectivity index (χ1) is 12.9. The molecule has 0 unspecified atom stereocenters. The summed E-state index contributed by atoms with van der Waals surface area (Å²) in [5.41, 5.74) is 3.36. The smallest absolute Gasteiger partial charge is 0.273 e. The van der Waals surface area contributed by atoms with Crippen molar-refractivity contribution in [2.75, 3.05) is 13.1 Å². The van der Waals surface area contributed by atoms with E-state index in [0.717, 1.165) is 21.7 Å². The molecule has 5 rings (SSSR count). The number of nitrogens with zero attached hydrogens (tertiary/aromatic N) is 2. The second-order valence-electron chi connectivity index (χ2n) is 6.92. The molecule has 27 heavy (non-hydrogen) atoms. The van der Waals surface area contributed by atoms with Crippen LogP contribution in [0.3, 0.4) is 0 Å². The van der Waals surface area contributed by atoms with Gasteiger partial charge in [-0.15, -0.1) is 11.3 Å². The topological polar surface area (TPSA) is 67.3 Å².